The molecule has 6 nitrogen and oxygen atoms in total. The van der Waals surface area contributed by atoms with E-state index in [0.717, 1.165) is 48.3 Å². The third-order valence-corrected chi connectivity index (χ3v) is 6.84. The molecule has 3 heterocycles. The van der Waals surface area contributed by atoms with E-state index in [9.17, 15) is 9.59 Å². The van der Waals surface area contributed by atoms with E-state index in [-0.39, 0.29) is 11.8 Å². The number of carbonyl (C=O) groups is 2. The van der Waals surface area contributed by atoms with Crippen LogP contribution in [0.2, 0.25) is 0 Å². The monoisotopic (exact) mass is 433 g/mol. The summed E-state index contributed by atoms with van der Waals surface area (Å²) in [6.45, 7) is 3.19. The van der Waals surface area contributed by atoms with Crippen LogP contribution in [0.1, 0.15) is 61.1 Å². The first-order valence-electron chi connectivity index (χ1n) is 10.5. The van der Waals surface area contributed by atoms with E-state index in [1.165, 1.54) is 22.5 Å². The van der Waals surface area contributed by atoms with Crippen LogP contribution in [0.25, 0.3) is 0 Å². The number of rotatable bonds is 3. The Kier molecular flexibility index (Phi) is 5.19. The van der Waals surface area contributed by atoms with Crippen molar-refractivity contribution >= 4 is 28.9 Å². The lowest BCUT2D eigenvalue weighted by Crippen LogP contribution is -2.36. The van der Waals surface area contributed by atoms with E-state index in [0.29, 0.717) is 23.7 Å². The zero-order valence-electron chi connectivity index (χ0n) is 17.3. The number of carbonyl (C=O) groups excluding carboxylic acids is 2. The number of aryl methyl sites for hydroxylation is 1. The second kappa shape index (κ2) is 8.15. The molecule has 1 aliphatic heterocycles. The van der Waals surface area contributed by atoms with Gasteiger partial charge < -0.3 is 9.32 Å². The van der Waals surface area contributed by atoms with Gasteiger partial charge in [-0.2, -0.15) is 5.10 Å². The molecule has 1 N–H and O–H groups in total. The third kappa shape index (κ3) is 3.70. The molecule has 3 aromatic rings. The Morgan fingerprint density at radius 2 is 1.94 bits per heavy atom. The van der Waals surface area contributed by atoms with Gasteiger partial charge in [0.2, 0.25) is 0 Å². The Morgan fingerprint density at radius 3 is 2.74 bits per heavy atom. The summed E-state index contributed by atoms with van der Waals surface area (Å²) in [5.41, 5.74) is 7.61. The molecule has 7 heteroatoms. The zero-order valence-corrected chi connectivity index (χ0v) is 18.1. The molecule has 0 unspecified atom stereocenters. The number of furan rings is 1. The van der Waals surface area contributed by atoms with Crippen molar-refractivity contribution in [2.24, 2.45) is 5.10 Å². The number of thiophene rings is 1. The Morgan fingerprint density at radius 1 is 1.10 bits per heavy atom. The van der Waals surface area contributed by atoms with Crippen molar-refractivity contribution < 1.29 is 14.0 Å². The molecule has 1 aliphatic carbocycles. The van der Waals surface area contributed by atoms with Gasteiger partial charge in [0.1, 0.15) is 5.76 Å². The molecular formula is C24H23N3O3S. The quantitative estimate of drug-likeness (QED) is 0.625. The predicted molar refractivity (Wildman–Crippen MR) is 120 cm³/mol. The maximum atomic E-state index is 13.3. The summed E-state index contributed by atoms with van der Waals surface area (Å²) in [4.78, 5) is 28.0. The summed E-state index contributed by atoms with van der Waals surface area (Å²) in [5.74, 6) is 0.875. The van der Waals surface area contributed by atoms with Gasteiger partial charge in [-0.1, -0.05) is 30.3 Å². The normalized spacial score (nSPS) is 16.7. The van der Waals surface area contributed by atoms with Crippen LogP contribution in [-0.2, 0) is 19.4 Å². The van der Waals surface area contributed by atoms with E-state index in [2.05, 4.69) is 22.7 Å². The van der Waals surface area contributed by atoms with Crippen LogP contribution in [0.5, 0.6) is 0 Å². The smallest absolute Gasteiger partial charge is 0.290 e. The molecule has 0 saturated carbocycles. The third-order valence-electron chi connectivity index (χ3n) is 5.98. The van der Waals surface area contributed by atoms with Crippen molar-refractivity contribution in [2.75, 3.05) is 6.54 Å². The van der Waals surface area contributed by atoms with Crippen molar-refractivity contribution in [1.82, 2.24) is 10.3 Å². The van der Waals surface area contributed by atoms with Gasteiger partial charge in [-0.15, -0.1) is 11.3 Å². The van der Waals surface area contributed by atoms with E-state index < -0.39 is 0 Å². The van der Waals surface area contributed by atoms with Crippen molar-refractivity contribution in [3.8, 4) is 0 Å². The number of fused-ring (bicyclic) bond motifs is 2. The minimum absolute atomic E-state index is 0.0802. The predicted octanol–water partition coefficient (Wildman–Crippen LogP) is 4.32. The fourth-order valence-corrected chi connectivity index (χ4v) is 4.99. The van der Waals surface area contributed by atoms with Gasteiger partial charge in [-0.05, 0) is 48.8 Å². The molecule has 158 valence electrons. The van der Waals surface area contributed by atoms with Gasteiger partial charge in [-0.25, -0.2) is 5.43 Å². The average Bonchev–Trinajstić information content (AvgIpc) is 3.45. The van der Waals surface area contributed by atoms with Crippen LogP contribution in [0.15, 0.2) is 51.3 Å². The highest BCUT2D eigenvalue weighted by Gasteiger charge is 2.31. The molecule has 31 heavy (non-hydrogen) atoms. The summed E-state index contributed by atoms with van der Waals surface area (Å²) in [7, 11) is 0. The molecule has 2 aromatic heterocycles. The number of amides is 2. The molecule has 0 spiro atoms. The summed E-state index contributed by atoms with van der Waals surface area (Å²) < 4.78 is 6.07. The van der Waals surface area contributed by atoms with Gasteiger partial charge in [0.15, 0.2) is 5.76 Å². The van der Waals surface area contributed by atoms with Gasteiger partial charge in [-0.3, -0.25) is 9.59 Å². The highest BCUT2D eigenvalue weighted by molar-refractivity contribution is 7.12. The average molecular weight is 434 g/mol. The molecule has 0 atom stereocenters. The minimum atomic E-state index is -0.223. The fourth-order valence-electron chi connectivity index (χ4n) is 4.38. The van der Waals surface area contributed by atoms with Crippen molar-refractivity contribution in [1.29, 1.82) is 0 Å². The second-order valence-electron chi connectivity index (χ2n) is 7.93. The van der Waals surface area contributed by atoms with Gasteiger partial charge in [0.05, 0.1) is 10.6 Å². The van der Waals surface area contributed by atoms with E-state index in [1.807, 2.05) is 35.4 Å². The van der Waals surface area contributed by atoms with Crippen molar-refractivity contribution in [3.63, 3.8) is 0 Å². The molecule has 0 saturated heterocycles. The number of hydrazone groups is 1. The molecule has 0 bridgehead atoms. The van der Waals surface area contributed by atoms with Crippen molar-refractivity contribution in [3.05, 3.63) is 80.4 Å². The van der Waals surface area contributed by atoms with Crippen LogP contribution < -0.4 is 5.43 Å². The van der Waals surface area contributed by atoms with E-state index in [4.69, 9.17) is 4.42 Å². The summed E-state index contributed by atoms with van der Waals surface area (Å²) in [6.07, 6.45) is 3.23. The van der Waals surface area contributed by atoms with Crippen molar-refractivity contribution in [2.45, 2.75) is 39.2 Å². The fraction of sp³-hybridized carbons (Fsp3) is 0.292. The first kappa shape index (κ1) is 19.8. The standard InChI is InChI=1S/C24H23N3O3S/c1-15-21-18(25-26-23(28)20-10-5-13-31-20)8-4-9-19(21)30-22(15)24(29)27-12-11-16-6-2-3-7-17(16)14-27/h2-3,5-7,10,13H,4,8-9,11-12,14H2,1H3,(H,26,28)/b25-18+. The Balaban J connectivity index is 1.39. The number of hydrogen-bond donors (Lipinski definition) is 1. The lowest BCUT2D eigenvalue weighted by molar-refractivity contribution is 0.0699. The molecule has 2 aliphatic rings. The highest BCUT2D eigenvalue weighted by atomic mass is 32.1. The Hall–Kier alpha value is -3.19. The number of nitrogens with one attached hydrogen (secondary N) is 1. The lowest BCUT2D eigenvalue weighted by atomic mass is 9.93. The van der Waals surface area contributed by atoms with Gasteiger partial charge in [0, 0.05) is 30.6 Å². The first-order chi connectivity index (χ1) is 15.1. The van der Waals surface area contributed by atoms with Crippen LogP contribution in [0.4, 0.5) is 0 Å². The van der Waals surface area contributed by atoms with Crippen LogP contribution in [-0.4, -0.2) is 29.0 Å². The van der Waals surface area contributed by atoms with Crippen LogP contribution >= 0.6 is 11.3 Å². The highest BCUT2D eigenvalue weighted by Crippen LogP contribution is 2.31. The first-order valence-corrected chi connectivity index (χ1v) is 11.4. The van der Waals surface area contributed by atoms with E-state index >= 15 is 0 Å². The topological polar surface area (TPSA) is 74.9 Å². The number of hydrogen-bond acceptors (Lipinski definition) is 5. The molecule has 0 fully saturated rings. The Labute approximate surface area is 184 Å². The zero-order chi connectivity index (χ0) is 21.4. The molecular weight excluding hydrogens is 410 g/mol. The van der Waals surface area contributed by atoms with Crippen LogP contribution in [0.3, 0.4) is 0 Å². The maximum Gasteiger partial charge on any atom is 0.290 e. The SMILES string of the molecule is Cc1c(C(=O)N2CCc3ccccc3C2)oc2c1/C(=N/NC(=O)c1cccs1)CCC2. The summed E-state index contributed by atoms with van der Waals surface area (Å²) >= 11 is 1.38. The molecule has 5 rings (SSSR count). The van der Waals surface area contributed by atoms with Crippen LogP contribution in [0, 0.1) is 6.92 Å². The summed E-state index contributed by atoms with van der Waals surface area (Å²) in [6, 6.07) is 11.9. The number of benzene rings is 1. The summed E-state index contributed by atoms with van der Waals surface area (Å²) in [5, 5.41) is 6.25. The Bertz CT molecular complexity index is 1180. The number of nitrogens with zero attached hydrogens (tertiary/aromatic N) is 2. The minimum Gasteiger partial charge on any atom is -0.455 e. The lowest BCUT2D eigenvalue weighted by Gasteiger charge is -2.28. The van der Waals surface area contributed by atoms with Gasteiger partial charge >= 0.3 is 0 Å². The van der Waals surface area contributed by atoms with E-state index in [1.54, 1.807) is 6.07 Å². The molecule has 1 aromatic carbocycles. The maximum absolute atomic E-state index is 13.3. The van der Waals surface area contributed by atoms with Gasteiger partial charge in [0.25, 0.3) is 11.8 Å². The molecule has 2 amide bonds. The largest absolute Gasteiger partial charge is 0.455 e. The second-order valence-corrected chi connectivity index (χ2v) is 8.88. The molecule has 0 radical (unpaired) electrons.